The highest BCUT2D eigenvalue weighted by molar-refractivity contribution is 7.89. The highest BCUT2D eigenvalue weighted by Crippen LogP contribution is 2.34. The van der Waals surface area contributed by atoms with E-state index < -0.39 is 10.0 Å². The molecule has 1 saturated carbocycles. The van der Waals surface area contributed by atoms with Crippen molar-refractivity contribution in [3.63, 3.8) is 0 Å². The fourth-order valence-corrected chi connectivity index (χ4v) is 2.58. The molecule has 0 bridgehead atoms. The summed E-state index contributed by atoms with van der Waals surface area (Å²) in [6.07, 6.45) is 4.98. The van der Waals surface area contributed by atoms with E-state index in [0.29, 0.717) is 6.04 Å². The monoisotopic (exact) mass is 268 g/mol. The van der Waals surface area contributed by atoms with Crippen LogP contribution in [0.4, 0.5) is 5.69 Å². The zero-order valence-electron chi connectivity index (χ0n) is 10.6. The van der Waals surface area contributed by atoms with Crippen molar-refractivity contribution >= 4 is 15.7 Å². The Morgan fingerprint density at radius 2 is 1.94 bits per heavy atom. The van der Waals surface area contributed by atoms with E-state index in [-0.39, 0.29) is 4.90 Å². The predicted octanol–water partition coefficient (Wildman–Crippen LogP) is 2.32. The summed E-state index contributed by atoms with van der Waals surface area (Å²) in [5.74, 6) is 0.881. The first-order valence-electron chi connectivity index (χ1n) is 6.38. The van der Waals surface area contributed by atoms with Crippen LogP contribution in [0.15, 0.2) is 29.2 Å². The Balaban J connectivity index is 2.00. The van der Waals surface area contributed by atoms with Gasteiger partial charge < -0.3 is 5.32 Å². The van der Waals surface area contributed by atoms with Crippen molar-refractivity contribution in [2.24, 2.45) is 11.1 Å². The van der Waals surface area contributed by atoms with Crippen LogP contribution in [0.1, 0.15) is 32.6 Å². The molecule has 0 aliphatic heterocycles. The van der Waals surface area contributed by atoms with Crippen LogP contribution >= 0.6 is 0 Å². The normalized spacial score (nSPS) is 17.4. The van der Waals surface area contributed by atoms with Crippen molar-refractivity contribution in [3.05, 3.63) is 24.3 Å². The van der Waals surface area contributed by atoms with E-state index in [1.165, 1.54) is 19.3 Å². The van der Waals surface area contributed by atoms with Gasteiger partial charge in [-0.15, -0.1) is 0 Å². The van der Waals surface area contributed by atoms with Gasteiger partial charge in [0.05, 0.1) is 4.90 Å². The van der Waals surface area contributed by atoms with Crippen molar-refractivity contribution in [1.29, 1.82) is 0 Å². The first-order chi connectivity index (χ1) is 8.49. The number of sulfonamides is 1. The zero-order chi connectivity index (χ0) is 13.2. The average Bonchev–Trinajstić information content (AvgIpc) is 3.11. The maximum absolute atomic E-state index is 11.1. The number of rotatable bonds is 6. The molecule has 0 heterocycles. The molecule has 0 radical (unpaired) electrons. The second-order valence-corrected chi connectivity index (χ2v) is 6.56. The van der Waals surface area contributed by atoms with Gasteiger partial charge in [-0.2, -0.15) is 0 Å². The minimum Gasteiger partial charge on any atom is -0.382 e. The predicted molar refractivity (Wildman–Crippen MR) is 72.9 cm³/mol. The lowest BCUT2D eigenvalue weighted by Gasteiger charge is -2.18. The van der Waals surface area contributed by atoms with Crippen molar-refractivity contribution in [2.45, 2.75) is 43.5 Å². The first-order valence-corrected chi connectivity index (χ1v) is 7.93. The van der Waals surface area contributed by atoms with E-state index in [9.17, 15) is 8.42 Å². The van der Waals surface area contributed by atoms with Crippen molar-refractivity contribution in [2.75, 3.05) is 5.32 Å². The van der Waals surface area contributed by atoms with Crippen LogP contribution in [-0.4, -0.2) is 14.5 Å². The molecule has 1 fully saturated rings. The minimum atomic E-state index is -3.59. The van der Waals surface area contributed by atoms with Gasteiger partial charge in [-0.1, -0.05) is 19.8 Å². The smallest absolute Gasteiger partial charge is 0.238 e. The van der Waals surface area contributed by atoms with E-state index in [0.717, 1.165) is 18.0 Å². The fraction of sp³-hybridized carbons (Fsp3) is 0.538. The van der Waals surface area contributed by atoms with Crippen molar-refractivity contribution in [1.82, 2.24) is 0 Å². The molecule has 0 aromatic heterocycles. The van der Waals surface area contributed by atoms with Gasteiger partial charge in [-0.05, 0) is 43.0 Å². The molecule has 1 unspecified atom stereocenters. The zero-order valence-corrected chi connectivity index (χ0v) is 11.4. The highest BCUT2D eigenvalue weighted by Gasteiger charge is 2.24. The minimum absolute atomic E-state index is 0.156. The summed E-state index contributed by atoms with van der Waals surface area (Å²) in [6.45, 7) is 2.17. The average molecular weight is 268 g/mol. The summed E-state index contributed by atoms with van der Waals surface area (Å²) in [7, 11) is -3.59. The third-order valence-electron chi connectivity index (χ3n) is 3.36. The molecule has 0 amide bonds. The summed E-state index contributed by atoms with van der Waals surface area (Å²) in [5.41, 5.74) is 0.954. The lowest BCUT2D eigenvalue weighted by atomic mass is 10.1. The van der Waals surface area contributed by atoms with E-state index in [4.69, 9.17) is 5.14 Å². The van der Waals surface area contributed by atoms with Crippen LogP contribution < -0.4 is 10.5 Å². The Morgan fingerprint density at radius 3 is 2.39 bits per heavy atom. The Hall–Kier alpha value is -1.07. The Morgan fingerprint density at radius 1 is 1.33 bits per heavy atom. The summed E-state index contributed by atoms with van der Waals surface area (Å²) in [4.78, 5) is 0.156. The Labute approximate surface area is 109 Å². The first kappa shape index (κ1) is 13.4. The Kier molecular flexibility index (Phi) is 3.92. The standard InChI is InChI=1S/C13H20N2O2S/c1-2-11(9-10-3-4-10)15-12-5-7-13(8-6-12)18(14,16)17/h5-8,10-11,15H,2-4,9H2,1H3,(H2,14,16,17). The second-order valence-electron chi connectivity index (χ2n) is 5.00. The third-order valence-corrected chi connectivity index (χ3v) is 4.29. The molecule has 1 aromatic carbocycles. The van der Waals surface area contributed by atoms with Crippen LogP contribution in [0.25, 0.3) is 0 Å². The molecule has 0 saturated heterocycles. The van der Waals surface area contributed by atoms with Gasteiger partial charge in [0.15, 0.2) is 0 Å². The number of hydrogen-bond acceptors (Lipinski definition) is 3. The van der Waals surface area contributed by atoms with Gasteiger partial charge in [0.1, 0.15) is 0 Å². The number of hydrogen-bond donors (Lipinski definition) is 2. The molecule has 18 heavy (non-hydrogen) atoms. The quantitative estimate of drug-likeness (QED) is 0.831. The van der Waals surface area contributed by atoms with Gasteiger partial charge in [-0.3, -0.25) is 0 Å². The SMILES string of the molecule is CCC(CC1CC1)Nc1ccc(S(N)(=O)=O)cc1. The molecular weight excluding hydrogens is 248 g/mol. The van der Waals surface area contributed by atoms with Crippen molar-refractivity contribution in [3.8, 4) is 0 Å². The summed E-state index contributed by atoms with van der Waals surface area (Å²) < 4.78 is 22.3. The molecule has 4 nitrogen and oxygen atoms in total. The molecule has 100 valence electrons. The molecular formula is C13H20N2O2S. The lowest BCUT2D eigenvalue weighted by Crippen LogP contribution is -2.19. The summed E-state index contributed by atoms with van der Waals surface area (Å²) in [5, 5.41) is 8.50. The number of nitrogens with one attached hydrogen (secondary N) is 1. The molecule has 0 spiro atoms. The largest absolute Gasteiger partial charge is 0.382 e. The number of anilines is 1. The molecule has 2 rings (SSSR count). The number of primary sulfonamides is 1. The molecule has 3 N–H and O–H groups in total. The Bertz CT molecular complexity index is 492. The van der Waals surface area contributed by atoms with E-state index >= 15 is 0 Å². The lowest BCUT2D eigenvalue weighted by molar-refractivity contribution is 0.587. The van der Waals surface area contributed by atoms with E-state index in [2.05, 4.69) is 12.2 Å². The molecule has 1 aliphatic rings. The van der Waals surface area contributed by atoms with Gasteiger partial charge >= 0.3 is 0 Å². The van der Waals surface area contributed by atoms with Crippen LogP contribution in [0.3, 0.4) is 0 Å². The van der Waals surface area contributed by atoms with Crippen LogP contribution in [0.5, 0.6) is 0 Å². The molecule has 5 heteroatoms. The van der Waals surface area contributed by atoms with E-state index in [1.807, 2.05) is 0 Å². The summed E-state index contributed by atoms with van der Waals surface area (Å²) in [6, 6.07) is 7.10. The highest BCUT2D eigenvalue weighted by atomic mass is 32.2. The molecule has 1 aliphatic carbocycles. The molecule has 1 aromatic rings. The topological polar surface area (TPSA) is 72.2 Å². The van der Waals surface area contributed by atoms with Crippen LogP contribution in [-0.2, 0) is 10.0 Å². The maximum atomic E-state index is 11.1. The summed E-state index contributed by atoms with van der Waals surface area (Å²) >= 11 is 0. The van der Waals surface area contributed by atoms with Crippen LogP contribution in [0, 0.1) is 5.92 Å². The van der Waals surface area contributed by atoms with E-state index in [1.54, 1.807) is 24.3 Å². The maximum Gasteiger partial charge on any atom is 0.238 e. The number of nitrogens with two attached hydrogens (primary N) is 1. The molecule has 1 atom stereocenters. The van der Waals surface area contributed by atoms with Crippen molar-refractivity contribution < 1.29 is 8.42 Å². The van der Waals surface area contributed by atoms with Gasteiger partial charge in [-0.25, -0.2) is 13.6 Å². The fourth-order valence-electron chi connectivity index (χ4n) is 2.06. The van der Waals surface area contributed by atoms with Gasteiger partial charge in [0.2, 0.25) is 10.0 Å². The third kappa shape index (κ3) is 3.71. The van der Waals surface area contributed by atoms with Crippen LogP contribution in [0.2, 0.25) is 0 Å². The number of benzene rings is 1. The second kappa shape index (κ2) is 5.28. The van der Waals surface area contributed by atoms with Gasteiger partial charge in [0.25, 0.3) is 0 Å². The van der Waals surface area contributed by atoms with Gasteiger partial charge in [0, 0.05) is 11.7 Å².